The summed E-state index contributed by atoms with van der Waals surface area (Å²) in [6, 6.07) is 13.2. The van der Waals surface area contributed by atoms with Gasteiger partial charge in [0.05, 0.1) is 13.7 Å². The quantitative estimate of drug-likeness (QED) is 0.191. The second-order valence-electron chi connectivity index (χ2n) is 6.44. The smallest absolute Gasteiger partial charge is 0.248 e. The van der Waals surface area contributed by atoms with Gasteiger partial charge in [0, 0.05) is 25.7 Å². The first kappa shape index (κ1) is 25.5. The molecule has 0 radical (unpaired) electrons. The first-order valence-electron chi connectivity index (χ1n) is 9.70. The number of aryl methyl sites for hydroxylation is 1. The van der Waals surface area contributed by atoms with Crippen LogP contribution in [0.1, 0.15) is 34.8 Å². The van der Waals surface area contributed by atoms with E-state index in [2.05, 4.69) is 21.7 Å². The molecule has 30 heavy (non-hydrogen) atoms. The van der Waals surface area contributed by atoms with E-state index in [1.807, 2.05) is 31.2 Å². The zero-order valence-electron chi connectivity index (χ0n) is 17.7. The van der Waals surface area contributed by atoms with Crippen LogP contribution in [0.2, 0.25) is 0 Å². The van der Waals surface area contributed by atoms with E-state index in [0.29, 0.717) is 18.7 Å². The maximum absolute atomic E-state index is 11.1. The minimum absolute atomic E-state index is 0. The Hall–Kier alpha value is -2.49. The molecular weight excluding hydrogens is 495 g/mol. The maximum atomic E-state index is 11.1. The Morgan fingerprint density at radius 2 is 1.77 bits per heavy atom. The molecule has 2 aromatic rings. The Bertz CT molecular complexity index is 826. The van der Waals surface area contributed by atoms with Gasteiger partial charge in [-0.25, -0.2) is 0 Å². The van der Waals surface area contributed by atoms with E-state index in [9.17, 15) is 4.79 Å². The minimum atomic E-state index is -0.424. The zero-order valence-corrected chi connectivity index (χ0v) is 20.1. The van der Waals surface area contributed by atoms with E-state index in [4.69, 9.17) is 15.2 Å². The van der Waals surface area contributed by atoms with Crippen LogP contribution >= 0.6 is 24.0 Å². The highest BCUT2D eigenvalue weighted by Crippen LogP contribution is 2.28. The van der Waals surface area contributed by atoms with Crippen molar-refractivity contribution in [3.05, 3.63) is 59.2 Å². The van der Waals surface area contributed by atoms with Crippen LogP contribution in [-0.4, -0.2) is 39.2 Å². The van der Waals surface area contributed by atoms with Gasteiger partial charge < -0.3 is 25.8 Å². The van der Waals surface area contributed by atoms with Crippen LogP contribution in [0.5, 0.6) is 11.5 Å². The number of hydrogen-bond donors (Lipinski definition) is 3. The van der Waals surface area contributed by atoms with Gasteiger partial charge in [-0.15, -0.1) is 24.0 Å². The number of nitrogens with two attached hydrogens (primary N) is 1. The third kappa shape index (κ3) is 8.10. The van der Waals surface area contributed by atoms with E-state index < -0.39 is 5.91 Å². The summed E-state index contributed by atoms with van der Waals surface area (Å²) in [6.45, 7) is 3.96. The van der Waals surface area contributed by atoms with Gasteiger partial charge >= 0.3 is 0 Å². The van der Waals surface area contributed by atoms with Crippen molar-refractivity contribution in [1.29, 1.82) is 0 Å². The molecular formula is C22H31IN4O3. The molecule has 0 aliphatic carbocycles. The number of amides is 1. The Morgan fingerprint density at radius 1 is 1.07 bits per heavy atom. The number of guanidine groups is 1. The number of nitrogens with zero attached hydrogens (tertiary/aromatic N) is 1. The lowest BCUT2D eigenvalue weighted by Gasteiger charge is -2.13. The van der Waals surface area contributed by atoms with E-state index in [1.165, 1.54) is 5.56 Å². The number of ether oxygens (including phenoxy) is 2. The summed E-state index contributed by atoms with van der Waals surface area (Å²) in [5.41, 5.74) is 8.00. The molecule has 0 fully saturated rings. The van der Waals surface area contributed by atoms with Crippen LogP contribution in [0.15, 0.2) is 47.5 Å². The van der Waals surface area contributed by atoms with Crippen molar-refractivity contribution in [2.75, 3.05) is 27.3 Å². The highest BCUT2D eigenvalue weighted by Gasteiger charge is 2.06. The third-order valence-corrected chi connectivity index (χ3v) is 4.38. The lowest BCUT2D eigenvalue weighted by molar-refractivity contribution is 0.100. The fourth-order valence-electron chi connectivity index (χ4n) is 2.84. The fourth-order valence-corrected chi connectivity index (χ4v) is 2.84. The number of benzene rings is 2. The minimum Gasteiger partial charge on any atom is -0.493 e. The molecule has 0 bridgehead atoms. The fraction of sp³-hybridized carbons (Fsp3) is 0.364. The molecule has 0 aliphatic heterocycles. The van der Waals surface area contributed by atoms with Crippen molar-refractivity contribution >= 4 is 35.8 Å². The number of carbonyl (C=O) groups is 1. The Labute approximate surface area is 195 Å². The number of primary amides is 1. The lowest BCUT2D eigenvalue weighted by Crippen LogP contribution is -2.37. The van der Waals surface area contributed by atoms with E-state index in [1.54, 1.807) is 26.3 Å². The monoisotopic (exact) mass is 526 g/mol. The Kier molecular flexibility index (Phi) is 11.7. The van der Waals surface area contributed by atoms with Gasteiger partial charge in [-0.1, -0.05) is 18.2 Å². The van der Waals surface area contributed by atoms with Gasteiger partial charge in [0.25, 0.3) is 0 Å². The van der Waals surface area contributed by atoms with Crippen LogP contribution < -0.4 is 25.8 Å². The van der Waals surface area contributed by atoms with Crippen molar-refractivity contribution in [3.63, 3.8) is 0 Å². The third-order valence-electron chi connectivity index (χ3n) is 4.38. The predicted octanol–water partition coefficient (Wildman–Crippen LogP) is 3.11. The molecule has 0 aliphatic rings. The number of hydrogen-bond acceptors (Lipinski definition) is 4. The SMILES string of the molecule is CCOc1cc(CCCNC(=NC)NCc2ccc(C(N)=O)cc2)ccc1OC.I. The normalized spacial score (nSPS) is 10.7. The van der Waals surface area contributed by atoms with Crippen LogP contribution in [0.4, 0.5) is 0 Å². The highest BCUT2D eigenvalue weighted by atomic mass is 127. The molecule has 8 heteroatoms. The molecule has 0 aromatic heterocycles. The first-order valence-corrected chi connectivity index (χ1v) is 9.70. The summed E-state index contributed by atoms with van der Waals surface area (Å²) in [7, 11) is 3.38. The van der Waals surface area contributed by atoms with Crippen molar-refractivity contribution < 1.29 is 14.3 Å². The van der Waals surface area contributed by atoms with Crippen LogP contribution in [-0.2, 0) is 13.0 Å². The van der Waals surface area contributed by atoms with Crippen molar-refractivity contribution in [2.45, 2.75) is 26.3 Å². The number of aliphatic imine (C=N–C) groups is 1. The maximum Gasteiger partial charge on any atom is 0.248 e. The number of nitrogens with one attached hydrogen (secondary N) is 2. The molecule has 0 saturated carbocycles. The van der Waals surface area contributed by atoms with Crippen LogP contribution in [0.25, 0.3) is 0 Å². The molecule has 4 N–H and O–H groups in total. The van der Waals surface area contributed by atoms with Crippen molar-refractivity contribution in [2.24, 2.45) is 10.7 Å². The standard InChI is InChI=1S/C22H30N4O3.HI/c1-4-29-20-14-16(9-12-19(20)28-3)6-5-13-25-22(24-2)26-15-17-7-10-18(11-8-17)21(23)27;/h7-12,14H,4-6,13,15H2,1-3H3,(H2,23,27)(H2,24,25,26);1H. The molecule has 0 unspecified atom stereocenters. The van der Waals surface area contributed by atoms with Gasteiger partial charge in [0.15, 0.2) is 17.5 Å². The largest absolute Gasteiger partial charge is 0.493 e. The Morgan fingerprint density at radius 3 is 2.37 bits per heavy atom. The molecule has 0 spiro atoms. The number of methoxy groups -OCH3 is 1. The van der Waals surface area contributed by atoms with Gasteiger partial charge in [-0.2, -0.15) is 0 Å². The molecule has 7 nitrogen and oxygen atoms in total. The average molecular weight is 526 g/mol. The van der Waals surface area contributed by atoms with Gasteiger partial charge in [-0.3, -0.25) is 9.79 Å². The van der Waals surface area contributed by atoms with Gasteiger partial charge in [0.2, 0.25) is 5.91 Å². The van der Waals surface area contributed by atoms with E-state index in [0.717, 1.165) is 42.4 Å². The van der Waals surface area contributed by atoms with Crippen molar-refractivity contribution in [3.8, 4) is 11.5 Å². The van der Waals surface area contributed by atoms with Crippen LogP contribution in [0.3, 0.4) is 0 Å². The molecule has 164 valence electrons. The molecule has 0 heterocycles. The Balaban J connectivity index is 0.00000450. The molecule has 2 aromatic carbocycles. The summed E-state index contributed by atoms with van der Waals surface area (Å²) in [5, 5.41) is 6.57. The number of carbonyl (C=O) groups excluding carboxylic acids is 1. The van der Waals surface area contributed by atoms with Gasteiger partial charge in [0.1, 0.15) is 0 Å². The number of rotatable bonds is 10. The molecule has 2 rings (SSSR count). The zero-order chi connectivity index (χ0) is 21.1. The lowest BCUT2D eigenvalue weighted by atomic mass is 10.1. The van der Waals surface area contributed by atoms with Gasteiger partial charge in [-0.05, 0) is 55.2 Å². The summed E-state index contributed by atoms with van der Waals surface area (Å²) >= 11 is 0. The molecule has 0 atom stereocenters. The summed E-state index contributed by atoms with van der Waals surface area (Å²) in [5.74, 6) is 1.84. The average Bonchev–Trinajstić information content (AvgIpc) is 2.74. The topological polar surface area (TPSA) is 98.0 Å². The molecule has 0 saturated heterocycles. The van der Waals surface area contributed by atoms with Crippen molar-refractivity contribution in [1.82, 2.24) is 10.6 Å². The summed E-state index contributed by atoms with van der Waals surface area (Å²) in [4.78, 5) is 15.4. The second kappa shape index (κ2) is 13.7. The highest BCUT2D eigenvalue weighted by molar-refractivity contribution is 14.0. The predicted molar refractivity (Wildman–Crippen MR) is 131 cm³/mol. The van der Waals surface area contributed by atoms with E-state index in [-0.39, 0.29) is 24.0 Å². The van der Waals surface area contributed by atoms with E-state index >= 15 is 0 Å². The summed E-state index contributed by atoms with van der Waals surface area (Å²) in [6.07, 6.45) is 1.87. The first-order chi connectivity index (χ1) is 14.1. The van der Waals surface area contributed by atoms with Crippen LogP contribution in [0, 0.1) is 0 Å². The summed E-state index contributed by atoms with van der Waals surface area (Å²) < 4.78 is 11.0. The number of halogens is 1. The molecule has 1 amide bonds. The second-order valence-corrected chi connectivity index (χ2v) is 6.44.